The van der Waals surface area contributed by atoms with Crippen LogP contribution < -0.4 is 0 Å². The Kier molecular flexibility index (Phi) is 8.95. The van der Waals surface area contributed by atoms with Crippen molar-refractivity contribution in [2.45, 2.75) is 123 Å². The summed E-state index contributed by atoms with van der Waals surface area (Å²) in [7, 11) is 0. The van der Waals surface area contributed by atoms with E-state index in [0.717, 1.165) is 11.1 Å². The van der Waals surface area contributed by atoms with Crippen molar-refractivity contribution < 1.29 is 54.5 Å². The van der Waals surface area contributed by atoms with Crippen LogP contribution in [0.2, 0.25) is 0 Å². The maximum absolute atomic E-state index is 14.7. The van der Waals surface area contributed by atoms with Gasteiger partial charge in [0.15, 0.2) is 11.5 Å². The lowest BCUT2D eigenvalue weighted by Gasteiger charge is -2.63. The quantitative estimate of drug-likeness (QED) is 0.209. The van der Waals surface area contributed by atoms with Gasteiger partial charge >= 0.3 is 0 Å². The Balaban J connectivity index is 1.54. The summed E-state index contributed by atoms with van der Waals surface area (Å²) < 4.78 is 11.5. The average Bonchev–Trinajstić information content (AvgIpc) is 3.19. The summed E-state index contributed by atoms with van der Waals surface area (Å²) in [5.74, 6) is -2.94. The minimum Gasteiger partial charge on any atom is -0.459 e. The summed E-state index contributed by atoms with van der Waals surface area (Å²) in [5, 5.41) is 64.2. The molecule has 0 bridgehead atoms. The molecule has 0 unspecified atom stereocenters. The smallest absolute Gasteiger partial charge is 0.229 e. The molecule has 3 fully saturated rings. The fourth-order valence-electron chi connectivity index (χ4n) is 10.1. The van der Waals surface area contributed by atoms with E-state index in [1.54, 1.807) is 19.9 Å². The standard InChI is InChI=1S/C36H52O11/c1-17(2)9-12-24(39)36(8,45)29-20(38)14-33(5)23-11-10-18-19(35(23,7)25(40)15-34(29,33)6)13-21(30(44)32(18,3)4)46-31-28(43)27(42)26(41)22(16-37)47-31/h10,13,19-20,22-23,26-29,31,37-38,41-43,45H,1,9,11-12,14-16H2,2-8H3/t19-,20-,22-,23+,26-,27+,28-,29+,31-,33+,34-,35+,36+/m1/s1. The molecule has 11 nitrogen and oxygen atoms in total. The molecule has 13 atom stereocenters. The zero-order valence-electron chi connectivity index (χ0n) is 28.5. The third-order valence-corrected chi connectivity index (χ3v) is 13.1. The number of Topliss-reactive ketones (excluding diaryl/α,β-unsaturated/α-hetero) is 3. The summed E-state index contributed by atoms with van der Waals surface area (Å²) in [5.41, 5.74) is -4.13. The topological polar surface area (TPSA) is 191 Å². The molecule has 1 aliphatic heterocycles. The number of carbonyl (C=O) groups excluding carboxylic acids is 3. The first-order valence-corrected chi connectivity index (χ1v) is 16.7. The van der Waals surface area contributed by atoms with Crippen LogP contribution in [0.5, 0.6) is 0 Å². The van der Waals surface area contributed by atoms with Gasteiger partial charge in [-0.05, 0) is 69.8 Å². The van der Waals surface area contributed by atoms with Crippen molar-refractivity contribution >= 4 is 17.3 Å². The van der Waals surface area contributed by atoms with Crippen LogP contribution in [0, 0.1) is 39.4 Å². The molecule has 4 aliphatic carbocycles. The van der Waals surface area contributed by atoms with Crippen molar-refractivity contribution in [2.75, 3.05) is 6.61 Å². The van der Waals surface area contributed by atoms with Crippen molar-refractivity contribution in [1.82, 2.24) is 0 Å². The van der Waals surface area contributed by atoms with Gasteiger partial charge in [0.1, 0.15) is 35.8 Å². The van der Waals surface area contributed by atoms with Gasteiger partial charge in [0.2, 0.25) is 12.1 Å². The third-order valence-electron chi connectivity index (χ3n) is 13.1. The fourth-order valence-corrected chi connectivity index (χ4v) is 10.1. The van der Waals surface area contributed by atoms with E-state index < -0.39 is 94.1 Å². The molecule has 47 heavy (non-hydrogen) atoms. The molecule has 6 N–H and O–H groups in total. The number of fused-ring (bicyclic) bond motifs is 5. The van der Waals surface area contributed by atoms with Crippen LogP contribution in [-0.4, -0.2) is 97.0 Å². The molecule has 2 saturated carbocycles. The minimum atomic E-state index is -1.88. The van der Waals surface area contributed by atoms with E-state index in [-0.39, 0.29) is 36.7 Å². The van der Waals surface area contributed by atoms with E-state index in [9.17, 15) is 45.0 Å². The number of ether oxygens (including phenoxy) is 2. The Labute approximate surface area is 276 Å². The first-order chi connectivity index (χ1) is 21.6. The van der Waals surface area contributed by atoms with Crippen molar-refractivity contribution in [3.8, 4) is 0 Å². The predicted octanol–water partition coefficient (Wildman–Crippen LogP) is 1.91. The molecule has 5 aliphatic rings. The number of carbonyl (C=O) groups is 3. The largest absolute Gasteiger partial charge is 0.459 e. The second kappa shape index (κ2) is 11.7. The highest BCUT2D eigenvalue weighted by atomic mass is 16.7. The Morgan fingerprint density at radius 3 is 2.28 bits per heavy atom. The van der Waals surface area contributed by atoms with Crippen LogP contribution in [0.25, 0.3) is 0 Å². The third kappa shape index (κ3) is 5.06. The van der Waals surface area contributed by atoms with Gasteiger partial charge < -0.3 is 40.1 Å². The van der Waals surface area contributed by atoms with Crippen LogP contribution in [0.1, 0.15) is 80.6 Å². The molecule has 0 radical (unpaired) electrons. The van der Waals surface area contributed by atoms with Gasteiger partial charge in [-0.15, -0.1) is 6.58 Å². The number of aliphatic hydroxyl groups excluding tert-OH is 5. The predicted molar refractivity (Wildman–Crippen MR) is 169 cm³/mol. The van der Waals surface area contributed by atoms with Gasteiger partial charge in [0, 0.05) is 30.1 Å². The van der Waals surface area contributed by atoms with E-state index in [0.29, 0.717) is 12.8 Å². The van der Waals surface area contributed by atoms with Gasteiger partial charge in [-0.3, -0.25) is 14.4 Å². The minimum absolute atomic E-state index is 0.00294. The molecule has 5 rings (SSSR count). The molecule has 11 heteroatoms. The molecule has 0 aromatic carbocycles. The van der Waals surface area contributed by atoms with Crippen molar-refractivity contribution in [3.63, 3.8) is 0 Å². The number of allylic oxidation sites excluding steroid dienone is 5. The lowest BCUT2D eigenvalue weighted by Crippen LogP contribution is -2.64. The van der Waals surface area contributed by atoms with Crippen molar-refractivity contribution in [1.29, 1.82) is 0 Å². The van der Waals surface area contributed by atoms with Gasteiger partial charge in [-0.25, -0.2) is 0 Å². The summed E-state index contributed by atoms with van der Waals surface area (Å²) in [6.07, 6.45) is -4.11. The molecule has 1 saturated heterocycles. The maximum Gasteiger partial charge on any atom is 0.229 e. The van der Waals surface area contributed by atoms with E-state index in [4.69, 9.17) is 9.47 Å². The number of ketones is 3. The Hall–Kier alpha value is -2.25. The molecule has 0 spiro atoms. The SMILES string of the molecule is C=C(C)CCC(=O)[C@](C)(O)[C@H]1[C@H](O)C[C@@]2(C)[C@@H]3CC=C4[C@@H](C=C(O[C@@H]5O[C@H](CO)[C@@H](O)[C@H](O)[C@H]5O)C(=O)C4(C)C)[C@]3(C)C(=O)C[C@]12C. The first kappa shape index (κ1) is 36.0. The molecule has 0 aromatic heterocycles. The Bertz CT molecular complexity index is 1410. The molecule has 0 aromatic rings. The van der Waals surface area contributed by atoms with Crippen molar-refractivity contribution in [3.05, 3.63) is 35.6 Å². The van der Waals surface area contributed by atoms with Crippen molar-refractivity contribution in [2.24, 2.45) is 39.4 Å². The normalized spacial score (nSPS) is 45.5. The number of hydrogen-bond donors (Lipinski definition) is 6. The Morgan fingerprint density at radius 2 is 1.68 bits per heavy atom. The molecule has 1 heterocycles. The molecular formula is C36H52O11. The van der Waals surface area contributed by atoms with Crippen LogP contribution in [0.4, 0.5) is 0 Å². The van der Waals surface area contributed by atoms with E-state index in [1.165, 1.54) is 6.92 Å². The van der Waals surface area contributed by atoms with Crippen LogP contribution in [0.3, 0.4) is 0 Å². The van der Waals surface area contributed by atoms with Crippen LogP contribution >= 0.6 is 0 Å². The average molecular weight is 661 g/mol. The molecule has 0 amide bonds. The highest BCUT2D eigenvalue weighted by Crippen LogP contribution is 2.73. The monoisotopic (exact) mass is 660 g/mol. The number of hydrogen-bond acceptors (Lipinski definition) is 11. The van der Waals surface area contributed by atoms with Gasteiger partial charge in [0.05, 0.1) is 18.1 Å². The van der Waals surface area contributed by atoms with E-state index in [1.807, 2.05) is 33.8 Å². The Morgan fingerprint density at radius 1 is 1.04 bits per heavy atom. The van der Waals surface area contributed by atoms with E-state index in [2.05, 4.69) is 6.58 Å². The highest BCUT2D eigenvalue weighted by Gasteiger charge is 2.74. The number of aliphatic hydroxyl groups is 6. The zero-order valence-corrected chi connectivity index (χ0v) is 28.5. The lowest BCUT2D eigenvalue weighted by molar-refractivity contribution is -0.291. The van der Waals surface area contributed by atoms with E-state index >= 15 is 0 Å². The second-order valence-electron chi connectivity index (χ2n) is 16.2. The van der Waals surface area contributed by atoms with Gasteiger partial charge in [0.25, 0.3) is 0 Å². The second-order valence-corrected chi connectivity index (χ2v) is 16.2. The summed E-state index contributed by atoms with van der Waals surface area (Å²) in [6.45, 7) is 15.8. The zero-order chi connectivity index (χ0) is 35.2. The van der Waals surface area contributed by atoms with Gasteiger partial charge in [-0.1, -0.05) is 38.0 Å². The summed E-state index contributed by atoms with van der Waals surface area (Å²) in [6, 6.07) is 0. The number of rotatable bonds is 8. The lowest BCUT2D eigenvalue weighted by atomic mass is 9.39. The summed E-state index contributed by atoms with van der Waals surface area (Å²) >= 11 is 0. The van der Waals surface area contributed by atoms with Gasteiger partial charge in [-0.2, -0.15) is 0 Å². The highest BCUT2D eigenvalue weighted by molar-refractivity contribution is 6.02. The summed E-state index contributed by atoms with van der Waals surface area (Å²) in [4.78, 5) is 41.9. The van der Waals surface area contributed by atoms with Crippen LogP contribution in [0.15, 0.2) is 35.6 Å². The molecule has 262 valence electrons. The van der Waals surface area contributed by atoms with Crippen LogP contribution in [-0.2, 0) is 23.9 Å². The molecular weight excluding hydrogens is 608 g/mol. The first-order valence-electron chi connectivity index (χ1n) is 16.7. The fraction of sp³-hybridized carbons (Fsp3) is 0.750. The maximum atomic E-state index is 14.7.